The van der Waals surface area contributed by atoms with Gasteiger partial charge in [0.25, 0.3) is 0 Å². The Bertz CT molecular complexity index is 576. The van der Waals surface area contributed by atoms with Crippen LogP contribution in [0.3, 0.4) is 0 Å². The molecule has 2 N–H and O–H groups in total. The van der Waals surface area contributed by atoms with E-state index in [1.165, 1.54) is 0 Å². The molecule has 1 unspecified atom stereocenters. The van der Waals surface area contributed by atoms with Crippen LogP contribution in [0.15, 0.2) is 48.5 Å². The quantitative estimate of drug-likeness (QED) is 0.889. The predicted molar refractivity (Wildman–Crippen MR) is 77.9 cm³/mol. The van der Waals surface area contributed by atoms with Gasteiger partial charge in [-0.05, 0) is 35.2 Å². The Hall–Kier alpha value is -1.84. The lowest BCUT2D eigenvalue weighted by Gasteiger charge is -2.13. The normalized spacial score (nSPS) is 12.1. The topological polar surface area (TPSA) is 57.5 Å². The number of aliphatic hydroxyl groups excluding tert-OH is 1. The van der Waals surface area contributed by atoms with E-state index in [2.05, 4.69) is 0 Å². The summed E-state index contributed by atoms with van der Waals surface area (Å²) in [6.07, 6.45) is 0.405. The van der Waals surface area contributed by atoms with Crippen LogP contribution in [0.25, 0.3) is 0 Å². The van der Waals surface area contributed by atoms with Crippen LogP contribution in [-0.2, 0) is 17.8 Å². The van der Waals surface area contributed by atoms with Crippen LogP contribution in [-0.4, -0.2) is 16.2 Å². The monoisotopic (exact) mass is 290 g/mol. The number of hydrogen-bond donors (Lipinski definition) is 2. The lowest BCUT2D eigenvalue weighted by molar-refractivity contribution is -0.138. The molecule has 0 aromatic heterocycles. The Morgan fingerprint density at radius 1 is 1.00 bits per heavy atom. The predicted octanol–water partition coefficient (Wildman–Crippen LogP) is 3.24. The van der Waals surface area contributed by atoms with Crippen LogP contribution in [0.1, 0.15) is 22.6 Å². The van der Waals surface area contributed by atoms with E-state index in [4.69, 9.17) is 16.7 Å². The van der Waals surface area contributed by atoms with Crippen LogP contribution >= 0.6 is 11.6 Å². The van der Waals surface area contributed by atoms with Crippen LogP contribution in [0.5, 0.6) is 0 Å². The Labute approximate surface area is 122 Å². The van der Waals surface area contributed by atoms with Crippen molar-refractivity contribution in [1.29, 1.82) is 0 Å². The summed E-state index contributed by atoms with van der Waals surface area (Å²) in [6.45, 7) is -0.0141. The largest absolute Gasteiger partial charge is 0.481 e. The van der Waals surface area contributed by atoms with E-state index in [-0.39, 0.29) is 6.61 Å². The van der Waals surface area contributed by atoms with Gasteiger partial charge in [0.1, 0.15) is 0 Å². The molecule has 0 fully saturated rings. The summed E-state index contributed by atoms with van der Waals surface area (Å²) in [5.74, 6) is -1.47. The van der Waals surface area contributed by atoms with Crippen molar-refractivity contribution in [2.75, 3.05) is 0 Å². The van der Waals surface area contributed by atoms with Gasteiger partial charge in [-0.2, -0.15) is 0 Å². The summed E-state index contributed by atoms with van der Waals surface area (Å²) in [6, 6.07) is 14.2. The first-order valence-corrected chi connectivity index (χ1v) is 6.65. The zero-order valence-corrected chi connectivity index (χ0v) is 11.5. The Kier molecular flexibility index (Phi) is 4.77. The number of carboxylic acids is 1. The van der Waals surface area contributed by atoms with Gasteiger partial charge in [0.05, 0.1) is 12.5 Å². The van der Waals surface area contributed by atoms with E-state index in [0.717, 1.165) is 16.7 Å². The molecule has 0 heterocycles. The molecule has 104 valence electrons. The number of hydrogen-bond acceptors (Lipinski definition) is 2. The van der Waals surface area contributed by atoms with Crippen molar-refractivity contribution in [2.24, 2.45) is 0 Å². The van der Waals surface area contributed by atoms with Crippen LogP contribution in [0.2, 0.25) is 5.02 Å². The fourth-order valence-corrected chi connectivity index (χ4v) is 2.19. The van der Waals surface area contributed by atoms with Gasteiger partial charge in [0.2, 0.25) is 0 Å². The first-order valence-electron chi connectivity index (χ1n) is 6.27. The molecule has 4 heteroatoms. The van der Waals surface area contributed by atoms with Crippen molar-refractivity contribution in [3.8, 4) is 0 Å². The van der Waals surface area contributed by atoms with E-state index in [0.29, 0.717) is 11.4 Å². The van der Waals surface area contributed by atoms with E-state index in [9.17, 15) is 9.90 Å². The van der Waals surface area contributed by atoms with Gasteiger partial charge in [-0.15, -0.1) is 0 Å². The number of benzene rings is 2. The minimum absolute atomic E-state index is 0.0141. The third-order valence-electron chi connectivity index (χ3n) is 3.22. The van der Waals surface area contributed by atoms with Gasteiger partial charge in [0, 0.05) is 5.02 Å². The molecular weight excluding hydrogens is 276 g/mol. The highest BCUT2D eigenvalue weighted by Gasteiger charge is 2.20. The molecule has 2 aromatic carbocycles. The van der Waals surface area contributed by atoms with Gasteiger partial charge in [-0.1, -0.05) is 48.0 Å². The minimum Gasteiger partial charge on any atom is -0.481 e. The average molecular weight is 291 g/mol. The number of aliphatic carboxylic acids is 1. The highest BCUT2D eigenvalue weighted by Crippen LogP contribution is 2.23. The van der Waals surface area contributed by atoms with Crippen LogP contribution < -0.4 is 0 Å². The highest BCUT2D eigenvalue weighted by molar-refractivity contribution is 6.30. The van der Waals surface area contributed by atoms with Gasteiger partial charge >= 0.3 is 5.97 Å². The van der Waals surface area contributed by atoms with Gasteiger partial charge < -0.3 is 10.2 Å². The van der Waals surface area contributed by atoms with E-state index in [1.54, 1.807) is 36.4 Å². The Morgan fingerprint density at radius 2 is 1.55 bits per heavy atom. The van der Waals surface area contributed by atoms with E-state index < -0.39 is 11.9 Å². The zero-order valence-electron chi connectivity index (χ0n) is 10.8. The number of halogens is 1. The third-order valence-corrected chi connectivity index (χ3v) is 3.47. The molecular formula is C16H15ClO3. The van der Waals surface area contributed by atoms with E-state index in [1.807, 2.05) is 12.1 Å². The SMILES string of the molecule is O=C(O)C(Cc1ccc(CO)cc1)c1ccc(Cl)cc1. The van der Waals surface area contributed by atoms with Crippen LogP contribution in [0, 0.1) is 0 Å². The standard InChI is InChI=1S/C16H15ClO3/c17-14-7-5-13(6-8-14)15(16(19)20)9-11-1-3-12(10-18)4-2-11/h1-8,15,18H,9-10H2,(H,19,20). The molecule has 0 aliphatic heterocycles. The fraction of sp³-hybridized carbons (Fsp3) is 0.188. The molecule has 0 spiro atoms. The molecule has 0 aliphatic carbocycles. The van der Waals surface area contributed by atoms with Gasteiger partial charge in [-0.25, -0.2) is 0 Å². The Balaban J connectivity index is 2.20. The third kappa shape index (κ3) is 3.59. The highest BCUT2D eigenvalue weighted by atomic mass is 35.5. The first-order chi connectivity index (χ1) is 9.60. The van der Waals surface area contributed by atoms with Crippen molar-refractivity contribution in [3.05, 3.63) is 70.2 Å². The van der Waals surface area contributed by atoms with Gasteiger partial charge in [0.15, 0.2) is 0 Å². The molecule has 0 bridgehead atoms. The second-order valence-corrected chi connectivity index (χ2v) is 5.06. The lowest BCUT2D eigenvalue weighted by atomic mass is 9.92. The molecule has 2 aromatic rings. The molecule has 1 atom stereocenters. The lowest BCUT2D eigenvalue weighted by Crippen LogP contribution is -2.14. The molecule has 0 saturated heterocycles. The molecule has 0 aliphatic rings. The smallest absolute Gasteiger partial charge is 0.311 e. The number of aliphatic hydroxyl groups is 1. The summed E-state index contributed by atoms with van der Waals surface area (Å²) >= 11 is 5.82. The maximum absolute atomic E-state index is 11.4. The van der Waals surface area contributed by atoms with Crippen molar-refractivity contribution in [3.63, 3.8) is 0 Å². The average Bonchev–Trinajstić information content (AvgIpc) is 2.46. The van der Waals surface area contributed by atoms with E-state index >= 15 is 0 Å². The summed E-state index contributed by atoms with van der Waals surface area (Å²) in [5.41, 5.74) is 2.46. The molecule has 20 heavy (non-hydrogen) atoms. The molecule has 0 saturated carbocycles. The second-order valence-electron chi connectivity index (χ2n) is 4.62. The van der Waals surface area contributed by atoms with Gasteiger partial charge in [-0.3, -0.25) is 4.79 Å². The minimum atomic E-state index is -0.862. The maximum atomic E-state index is 11.4. The zero-order chi connectivity index (χ0) is 14.5. The first kappa shape index (κ1) is 14.6. The number of rotatable bonds is 5. The van der Waals surface area contributed by atoms with Crippen molar-refractivity contribution >= 4 is 17.6 Å². The van der Waals surface area contributed by atoms with Crippen molar-refractivity contribution in [2.45, 2.75) is 18.9 Å². The summed E-state index contributed by atoms with van der Waals surface area (Å²) < 4.78 is 0. The molecule has 0 radical (unpaired) electrons. The van der Waals surface area contributed by atoms with Crippen LogP contribution in [0.4, 0.5) is 0 Å². The summed E-state index contributed by atoms with van der Waals surface area (Å²) in [4.78, 5) is 11.4. The second kappa shape index (κ2) is 6.55. The maximum Gasteiger partial charge on any atom is 0.311 e. The summed E-state index contributed by atoms with van der Waals surface area (Å²) in [5, 5.41) is 19.0. The summed E-state index contributed by atoms with van der Waals surface area (Å²) in [7, 11) is 0. The fourth-order valence-electron chi connectivity index (χ4n) is 2.06. The Morgan fingerprint density at radius 3 is 2.05 bits per heavy atom. The number of carboxylic acid groups (broad SMARTS) is 1. The molecule has 0 amide bonds. The van der Waals surface area contributed by atoms with Crippen molar-refractivity contribution in [1.82, 2.24) is 0 Å². The number of carbonyl (C=O) groups is 1. The molecule has 2 rings (SSSR count). The van der Waals surface area contributed by atoms with Crippen molar-refractivity contribution < 1.29 is 15.0 Å². The molecule has 3 nitrogen and oxygen atoms in total.